The summed E-state index contributed by atoms with van der Waals surface area (Å²) in [6.45, 7) is 21.2. The van der Waals surface area contributed by atoms with Gasteiger partial charge in [-0.1, -0.05) is 104 Å². The summed E-state index contributed by atoms with van der Waals surface area (Å²) in [7, 11) is 0. The molecule has 2 aliphatic heterocycles. The van der Waals surface area contributed by atoms with Crippen LogP contribution in [-0.4, -0.2) is 62.1 Å². The normalized spacial score (nSPS) is 20.5. The molecule has 0 aromatic rings. The largest absolute Gasteiger partial charge is 0.508 e. The second-order valence-electron chi connectivity index (χ2n) is 17.7. The molecule has 0 aromatic carbocycles. The van der Waals surface area contributed by atoms with Gasteiger partial charge in [0, 0.05) is 60.7 Å². The van der Waals surface area contributed by atoms with Crippen molar-refractivity contribution in [3.8, 4) is 0 Å². The summed E-state index contributed by atoms with van der Waals surface area (Å²) in [5, 5.41) is 0. The first-order chi connectivity index (χ1) is 22.5. The zero-order valence-electron chi connectivity index (χ0n) is 33.1. The summed E-state index contributed by atoms with van der Waals surface area (Å²) in [6, 6.07) is 0. The lowest BCUT2D eigenvalue weighted by atomic mass is 9.77. The van der Waals surface area contributed by atoms with Gasteiger partial charge in [0.15, 0.2) is 0 Å². The highest BCUT2D eigenvalue weighted by atomic mass is 16.7. The van der Waals surface area contributed by atoms with Crippen LogP contribution in [0.4, 0.5) is 4.79 Å². The Morgan fingerprint density at radius 2 is 0.708 bits per heavy atom. The van der Waals surface area contributed by atoms with Crippen molar-refractivity contribution in [2.75, 3.05) is 0 Å². The van der Waals surface area contributed by atoms with Gasteiger partial charge in [0.05, 0.1) is 0 Å². The van der Waals surface area contributed by atoms with E-state index >= 15 is 0 Å². The summed E-state index contributed by atoms with van der Waals surface area (Å²) in [6.07, 6.45) is 21.5. The molecule has 48 heavy (non-hydrogen) atoms. The third-order valence-electron chi connectivity index (χ3n) is 10.8. The molecule has 0 unspecified atom stereocenters. The standard InChI is InChI=1S/C41H76N2O5/c1-11-13-15-17-19-21-23-25-27-35(44)42-38(3,4)29-33(30-39(42,5)6)47-37(46)48-34-31-40(7,8)43(41(9,10)32-34)36(45)28-26-24-22-20-18-16-14-12-2/h33-34H,11-32H2,1-10H3. The van der Waals surface area contributed by atoms with Crippen LogP contribution in [0.1, 0.15) is 210 Å². The van der Waals surface area contributed by atoms with Gasteiger partial charge in [-0.3, -0.25) is 9.59 Å². The van der Waals surface area contributed by atoms with Gasteiger partial charge in [-0.05, 0) is 68.2 Å². The summed E-state index contributed by atoms with van der Waals surface area (Å²) in [4.78, 5) is 44.3. The Bertz CT molecular complexity index is 875. The highest BCUT2D eigenvalue weighted by molar-refractivity contribution is 5.78. The summed E-state index contributed by atoms with van der Waals surface area (Å²) < 4.78 is 12.0. The number of amides is 2. The lowest BCUT2D eigenvalue weighted by Crippen LogP contribution is -2.65. The molecular weight excluding hydrogens is 600 g/mol. The van der Waals surface area contributed by atoms with Crippen molar-refractivity contribution in [3.63, 3.8) is 0 Å². The van der Waals surface area contributed by atoms with Crippen molar-refractivity contribution in [1.82, 2.24) is 9.80 Å². The number of hydrogen-bond donors (Lipinski definition) is 0. The second kappa shape index (κ2) is 19.6. The van der Waals surface area contributed by atoms with Gasteiger partial charge in [0.25, 0.3) is 0 Å². The van der Waals surface area contributed by atoms with Gasteiger partial charge in [0.1, 0.15) is 12.2 Å². The predicted molar refractivity (Wildman–Crippen MR) is 198 cm³/mol. The Morgan fingerprint density at radius 3 is 0.979 bits per heavy atom. The molecule has 2 aliphatic rings. The van der Waals surface area contributed by atoms with Crippen molar-refractivity contribution < 1.29 is 23.9 Å². The van der Waals surface area contributed by atoms with Crippen LogP contribution in [0.3, 0.4) is 0 Å². The molecule has 0 radical (unpaired) electrons. The SMILES string of the molecule is CCCCCCCCCCC(=O)N1C(C)(C)CC(OC(=O)OC2CC(C)(C)N(C(=O)CCCCCCCCCC)C(C)(C)C2)CC1(C)C. The Labute approximate surface area is 296 Å². The maximum absolute atomic E-state index is 13.5. The Morgan fingerprint density at radius 1 is 0.458 bits per heavy atom. The number of ether oxygens (including phenoxy) is 2. The number of nitrogens with zero attached hydrogens (tertiary/aromatic N) is 2. The first-order valence-corrected chi connectivity index (χ1v) is 20.0. The number of likely N-dealkylation sites (tertiary alicyclic amines) is 2. The number of piperidine rings is 2. The average molecular weight is 677 g/mol. The lowest BCUT2D eigenvalue weighted by molar-refractivity contribution is -0.159. The molecule has 0 bridgehead atoms. The molecule has 7 nitrogen and oxygen atoms in total. The van der Waals surface area contributed by atoms with E-state index in [0.29, 0.717) is 38.5 Å². The quantitative estimate of drug-likeness (QED) is 0.0947. The van der Waals surface area contributed by atoms with Crippen LogP contribution in [0.25, 0.3) is 0 Å². The van der Waals surface area contributed by atoms with E-state index in [1.807, 2.05) is 0 Å². The number of rotatable bonds is 20. The molecule has 0 saturated carbocycles. The van der Waals surface area contributed by atoms with Gasteiger partial charge in [-0.15, -0.1) is 0 Å². The van der Waals surface area contributed by atoms with E-state index in [1.165, 1.54) is 77.0 Å². The molecule has 2 amide bonds. The van der Waals surface area contributed by atoms with Gasteiger partial charge in [-0.2, -0.15) is 0 Å². The Kier molecular flexibility index (Phi) is 17.3. The molecule has 0 spiro atoms. The minimum absolute atomic E-state index is 0.199. The molecule has 0 aliphatic carbocycles. The molecule has 2 fully saturated rings. The highest BCUT2D eigenvalue weighted by Crippen LogP contribution is 2.42. The zero-order chi connectivity index (χ0) is 36.0. The fourth-order valence-electron chi connectivity index (χ4n) is 9.24. The summed E-state index contributed by atoms with van der Waals surface area (Å²) in [5.74, 6) is 0.398. The monoisotopic (exact) mass is 677 g/mol. The molecule has 0 aromatic heterocycles. The summed E-state index contributed by atoms with van der Waals surface area (Å²) >= 11 is 0. The summed E-state index contributed by atoms with van der Waals surface area (Å²) in [5.41, 5.74) is -1.74. The van der Waals surface area contributed by atoms with E-state index in [-0.39, 0.29) is 24.0 Å². The first-order valence-electron chi connectivity index (χ1n) is 20.0. The molecule has 2 rings (SSSR count). The van der Waals surface area contributed by atoms with E-state index in [1.54, 1.807) is 0 Å². The minimum atomic E-state index is -0.638. The number of carbonyl (C=O) groups is 3. The highest BCUT2D eigenvalue weighted by Gasteiger charge is 2.51. The van der Waals surface area contributed by atoms with Crippen LogP contribution in [0.15, 0.2) is 0 Å². The van der Waals surface area contributed by atoms with E-state index in [9.17, 15) is 14.4 Å². The molecule has 0 atom stereocenters. The topological polar surface area (TPSA) is 76.2 Å². The maximum Gasteiger partial charge on any atom is 0.508 e. The van der Waals surface area contributed by atoms with Gasteiger partial charge in [0.2, 0.25) is 11.8 Å². The van der Waals surface area contributed by atoms with Crippen molar-refractivity contribution in [3.05, 3.63) is 0 Å². The van der Waals surface area contributed by atoms with Crippen LogP contribution in [-0.2, 0) is 19.1 Å². The third kappa shape index (κ3) is 13.5. The van der Waals surface area contributed by atoms with Crippen LogP contribution < -0.4 is 0 Å². The average Bonchev–Trinajstić information content (AvgIpc) is 2.93. The van der Waals surface area contributed by atoms with Crippen LogP contribution in [0, 0.1) is 0 Å². The Balaban J connectivity index is 1.86. The van der Waals surface area contributed by atoms with E-state index in [4.69, 9.17) is 9.47 Å². The lowest BCUT2D eigenvalue weighted by Gasteiger charge is -2.55. The Hall–Kier alpha value is -1.79. The number of hydrogen-bond acceptors (Lipinski definition) is 5. The van der Waals surface area contributed by atoms with Crippen molar-refractivity contribution in [1.29, 1.82) is 0 Å². The number of carbonyl (C=O) groups excluding carboxylic acids is 3. The maximum atomic E-state index is 13.5. The molecule has 2 saturated heterocycles. The van der Waals surface area contributed by atoms with Crippen LogP contribution >= 0.6 is 0 Å². The molecule has 280 valence electrons. The minimum Gasteiger partial charge on any atom is -0.431 e. The molecule has 0 N–H and O–H groups in total. The zero-order valence-corrected chi connectivity index (χ0v) is 33.1. The molecule has 2 heterocycles. The smallest absolute Gasteiger partial charge is 0.431 e. The van der Waals surface area contributed by atoms with E-state index in [0.717, 1.165) is 25.7 Å². The van der Waals surface area contributed by atoms with Gasteiger partial charge < -0.3 is 19.3 Å². The van der Waals surface area contributed by atoms with Crippen molar-refractivity contribution in [2.24, 2.45) is 0 Å². The van der Waals surface area contributed by atoms with Crippen LogP contribution in [0.2, 0.25) is 0 Å². The predicted octanol–water partition coefficient (Wildman–Crippen LogP) is 11.3. The fraction of sp³-hybridized carbons (Fsp3) is 0.927. The van der Waals surface area contributed by atoms with Crippen LogP contribution in [0.5, 0.6) is 0 Å². The third-order valence-corrected chi connectivity index (χ3v) is 10.8. The molecular formula is C41H76N2O5. The molecule has 7 heteroatoms. The fourth-order valence-corrected chi connectivity index (χ4v) is 9.24. The van der Waals surface area contributed by atoms with Crippen molar-refractivity contribution in [2.45, 2.75) is 245 Å². The van der Waals surface area contributed by atoms with Gasteiger partial charge >= 0.3 is 6.16 Å². The first kappa shape index (κ1) is 42.4. The second-order valence-corrected chi connectivity index (χ2v) is 17.7. The van der Waals surface area contributed by atoms with Crippen molar-refractivity contribution >= 4 is 18.0 Å². The van der Waals surface area contributed by atoms with E-state index < -0.39 is 28.3 Å². The van der Waals surface area contributed by atoms with Gasteiger partial charge in [-0.25, -0.2) is 4.79 Å². The van der Waals surface area contributed by atoms with E-state index in [2.05, 4.69) is 79.0 Å². The number of unbranched alkanes of at least 4 members (excludes halogenated alkanes) is 14.